The van der Waals surface area contributed by atoms with Crippen LogP contribution in [0.2, 0.25) is 0 Å². The molecule has 0 spiro atoms. The highest BCUT2D eigenvalue weighted by atomic mass is 32.1. The Kier molecular flexibility index (Phi) is 4.47. The number of amides is 1. The molecule has 0 aromatic carbocycles. The van der Waals surface area contributed by atoms with Crippen LogP contribution >= 0.6 is 11.3 Å². The van der Waals surface area contributed by atoms with Crippen molar-refractivity contribution in [2.75, 3.05) is 5.48 Å². The Morgan fingerprint density at radius 3 is 2.71 bits per heavy atom. The van der Waals surface area contributed by atoms with E-state index >= 15 is 0 Å². The number of thiophene rings is 1. The number of carbonyl (C=O) groups is 1. The topological polar surface area (TPSA) is 114 Å². The lowest BCUT2D eigenvalue weighted by molar-refractivity contribution is 0.101. The van der Waals surface area contributed by atoms with Crippen molar-refractivity contribution in [3.63, 3.8) is 0 Å². The van der Waals surface area contributed by atoms with Gasteiger partial charge in [-0.15, -0.1) is 11.3 Å². The summed E-state index contributed by atoms with van der Waals surface area (Å²) >= 11 is 1.20. The van der Waals surface area contributed by atoms with Crippen molar-refractivity contribution >= 4 is 28.9 Å². The van der Waals surface area contributed by atoms with Gasteiger partial charge in [-0.3, -0.25) is 15.5 Å². The van der Waals surface area contributed by atoms with Crippen molar-refractivity contribution in [3.05, 3.63) is 15.8 Å². The second kappa shape index (κ2) is 5.65. The van der Waals surface area contributed by atoms with E-state index in [1.54, 1.807) is 5.38 Å². The van der Waals surface area contributed by atoms with Crippen molar-refractivity contribution in [2.45, 2.75) is 20.3 Å². The maximum atomic E-state index is 11.7. The third-order valence-electron chi connectivity index (χ3n) is 2.05. The fraction of sp³-hybridized carbons (Fsp3) is 0.400. The number of nitrogens with two attached hydrogens (primary N) is 2. The third-order valence-corrected chi connectivity index (χ3v) is 3.06. The minimum absolute atomic E-state index is 0.266. The van der Waals surface area contributed by atoms with E-state index in [0.717, 1.165) is 5.56 Å². The molecule has 7 heteroatoms. The first-order valence-electron chi connectivity index (χ1n) is 5.10. The maximum Gasteiger partial charge on any atom is 0.290 e. The normalized spacial score (nSPS) is 10.4. The van der Waals surface area contributed by atoms with E-state index in [9.17, 15) is 4.79 Å². The number of hydrogen-bond donors (Lipinski definition) is 4. The van der Waals surface area contributed by atoms with Gasteiger partial charge in [0.05, 0.1) is 10.6 Å². The number of rotatable bonds is 4. The molecule has 0 saturated heterocycles. The first-order chi connectivity index (χ1) is 7.95. The number of anilines is 1. The SMILES string of the molecule is CC(C)Cc1c(NO)csc1C(=O)N=C(N)N. The summed E-state index contributed by atoms with van der Waals surface area (Å²) in [6.07, 6.45) is 0.660. The first-order valence-corrected chi connectivity index (χ1v) is 5.98. The molecule has 0 aliphatic carbocycles. The Hall–Kier alpha value is -1.60. The second-order valence-electron chi connectivity index (χ2n) is 4.01. The van der Waals surface area contributed by atoms with Gasteiger partial charge in [0.2, 0.25) is 0 Å². The Labute approximate surface area is 103 Å². The summed E-state index contributed by atoms with van der Waals surface area (Å²) in [6, 6.07) is 0. The molecule has 0 aliphatic heterocycles. The quantitative estimate of drug-likeness (QED) is 0.367. The molecule has 1 rings (SSSR count). The van der Waals surface area contributed by atoms with Gasteiger partial charge in [-0.1, -0.05) is 13.8 Å². The highest BCUT2D eigenvalue weighted by Crippen LogP contribution is 2.30. The minimum atomic E-state index is -0.479. The average Bonchev–Trinajstić information content (AvgIpc) is 2.58. The number of aliphatic imine (C=N–C) groups is 1. The van der Waals surface area contributed by atoms with Crippen LogP contribution in [0.1, 0.15) is 29.1 Å². The molecular formula is C10H16N4O2S. The van der Waals surface area contributed by atoms with Gasteiger partial charge >= 0.3 is 0 Å². The van der Waals surface area contributed by atoms with Crippen LogP contribution in [0.3, 0.4) is 0 Å². The van der Waals surface area contributed by atoms with Crippen molar-refractivity contribution in [3.8, 4) is 0 Å². The monoisotopic (exact) mass is 256 g/mol. The lowest BCUT2D eigenvalue weighted by atomic mass is 10.0. The van der Waals surface area contributed by atoms with Gasteiger partial charge in [0.1, 0.15) is 0 Å². The van der Waals surface area contributed by atoms with Crippen molar-refractivity contribution in [2.24, 2.45) is 22.4 Å². The van der Waals surface area contributed by atoms with E-state index in [2.05, 4.69) is 10.5 Å². The number of nitrogens with zero attached hydrogens (tertiary/aromatic N) is 1. The molecule has 94 valence electrons. The molecule has 6 nitrogen and oxygen atoms in total. The molecule has 0 radical (unpaired) electrons. The molecule has 0 atom stereocenters. The lowest BCUT2D eigenvalue weighted by Gasteiger charge is -2.07. The Morgan fingerprint density at radius 2 is 2.24 bits per heavy atom. The van der Waals surface area contributed by atoms with Gasteiger partial charge in [-0.2, -0.15) is 4.99 Å². The Morgan fingerprint density at radius 1 is 1.59 bits per heavy atom. The molecule has 1 heterocycles. The van der Waals surface area contributed by atoms with Crippen molar-refractivity contribution in [1.29, 1.82) is 0 Å². The van der Waals surface area contributed by atoms with Gasteiger partial charge in [-0.05, 0) is 12.3 Å². The van der Waals surface area contributed by atoms with Crippen molar-refractivity contribution < 1.29 is 10.0 Å². The number of carbonyl (C=O) groups excluding carboxylic acids is 1. The summed E-state index contributed by atoms with van der Waals surface area (Å²) in [5.41, 5.74) is 13.7. The molecule has 0 unspecified atom stereocenters. The lowest BCUT2D eigenvalue weighted by Crippen LogP contribution is -2.24. The number of nitrogens with one attached hydrogen (secondary N) is 1. The fourth-order valence-corrected chi connectivity index (χ4v) is 2.35. The summed E-state index contributed by atoms with van der Waals surface area (Å²) in [5.74, 6) is -0.396. The molecule has 6 N–H and O–H groups in total. The predicted octanol–water partition coefficient (Wildman–Crippen LogP) is 1.16. The highest BCUT2D eigenvalue weighted by molar-refractivity contribution is 7.12. The van der Waals surface area contributed by atoms with Crippen LogP contribution in [0, 0.1) is 5.92 Å². The average molecular weight is 256 g/mol. The first kappa shape index (κ1) is 13.5. The van der Waals surface area contributed by atoms with Gasteiger partial charge in [0.15, 0.2) is 5.96 Å². The van der Waals surface area contributed by atoms with Gasteiger partial charge in [0.25, 0.3) is 5.91 Å². The molecule has 0 saturated carbocycles. The van der Waals surface area contributed by atoms with Crippen molar-refractivity contribution in [1.82, 2.24) is 0 Å². The van der Waals surface area contributed by atoms with Crippen LogP contribution in [-0.4, -0.2) is 17.1 Å². The van der Waals surface area contributed by atoms with Crippen LogP contribution in [-0.2, 0) is 6.42 Å². The smallest absolute Gasteiger partial charge is 0.290 e. The molecule has 1 amide bonds. The fourth-order valence-electron chi connectivity index (χ4n) is 1.43. The predicted molar refractivity (Wildman–Crippen MR) is 68.4 cm³/mol. The van der Waals surface area contributed by atoms with Gasteiger partial charge in [-0.25, -0.2) is 0 Å². The van der Waals surface area contributed by atoms with Crippen LogP contribution < -0.4 is 16.9 Å². The third kappa shape index (κ3) is 3.43. The van der Waals surface area contributed by atoms with Crippen LogP contribution in [0.5, 0.6) is 0 Å². The molecular weight excluding hydrogens is 240 g/mol. The molecule has 0 fully saturated rings. The van der Waals surface area contributed by atoms with E-state index in [1.165, 1.54) is 11.3 Å². The zero-order valence-corrected chi connectivity index (χ0v) is 10.5. The van der Waals surface area contributed by atoms with Gasteiger partial charge in [0, 0.05) is 10.9 Å². The summed E-state index contributed by atoms with van der Waals surface area (Å²) in [5, 5.41) is 10.6. The van der Waals surface area contributed by atoms with E-state index in [-0.39, 0.29) is 5.96 Å². The highest BCUT2D eigenvalue weighted by Gasteiger charge is 2.18. The minimum Gasteiger partial charge on any atom is -0.370 e. The summed E-state index contributed by atoms with van der Waals surface area (Å²) < 4.78 is 0. The van der Waals surface area contributed by atoms with E-state index in [1.807, 2.05) is 13.8 Å². The van der Waals surface area contributed by atoms with E-state index in [0.29, 0.717) is 22.9 Å². The standard InChI is InChI=1S/C10H16N4O2S/c1-5(2)3-6-7(14-16)4-17-8(6)9(15)13-10(11)12/h4-5,14,16H,3H2,1-2H3,(H4,11,12,13,15). The number of hydrogen-bond acceptors (Lipinski definition) is 4. The molecule has 1 aromatic rings. The largest absolute Gasteiger partial charge is 0.370 e. The summed E-state index contributed by atoms with van der Waals surface area (Å²) in [7, 11) is 0. The maximum absolute atomic E-state index is 11.7. The van der Waals surface area contributed by atoms with Gasteiger partial charge < -0.3 is 11.5 Å². The summed E-state index contributed by atoms with van der Waals surface area (Å²) in [6.45, 7) is 4.04. The summed E-state index contributed by atoms with van der Waals surface area (Å²) in [4.78, 5) is 15.7. The van der Waals surface area contributed by atoms with E-state index in [4.69, 9.17) is 16.7 Å². The van der Waals surface area contributed by atoms with Crippen LogP contribution in [0.15, 0.2) is 10.4 Å². The van der Waals surface area contributed by atoms with Crippen LogP contribution in [0.25, 0.3) is 0 Å². The second-order valence-corrected chi connectivity index (χ2v) is 4.89. The molecule has 0 bridgehead atoms. The zero-order valence-electron chi connectivity index (χ0n) is 9.73. The zero-order chi connectivity index (χ0) is 13.0. The number of guanidine groups is 1. The Balaban J connectivity index is 3.11. The van der Waals surface area contributed by atoms with Crippen LogP contribution in [0.4, 0.5) is 5.69 Å². The molecule has 0 aliphatic rings. The Bertz CT molecular complexity index is 436. The molecule has 1 aromatic heterocycles. The molecule has 17 heavy (non-hydrogen) atoms. The van der Waals surface area contributed by atoms with E-state index < -0.39 is 5.91 Å².